The van der Waals surface area contributed by atoms with Gasteiger partial charge >= 0.3 is 0 Å². The fourth-order valence-electron chi connectivity index (χ4n) is 2.28. The van der Waals surface area contributed by atoms with Crippen LogP contribution in [0.4, 0.5) is 0 Å². The molecule has 0 saturated heterocycles. The molecule has 0 atom stereocenters. The maximum Gasteiger partial charge on any atom is 0.257 e. The lowest BCUT2D eigenvalue weighted by Gasteiger charge is -2.12. The van der Waals surface area contributed by atoms with Gasteiger partial charge in [-0.15, -0.1) is 0 Å². The van der Waals surface area contributed by atoms with Gasteiger partial charge in [0.25, 0.3) is 5.56 Å². The SMILES string of the molecule is CCCCn1c(SCCC)ncc(Cc2ccccc2)c1=O. The Labute approximate surface area is 136 Å². The number of benzene rings is 1. The Morgan fingerprint density at radius 1 is 1.14 bits per heavy atom. The Kier molecular flexibility index (Phi) is 6.72. The minimum absolute atomic E-state index is 0.117. The molecule has 1 heterocycles. The highest BCUT2D eigenvalue weighted by molar-refractivity contribution is 7.99. The van der Waals surface area contributed by atoms with Gasteiger partial charge in [0.05, 0.1) is 0 Å². The quantitative estimate of drug-likeness (QED) is 0.542. The van der Waals surface area contributed by atoms with Gasteiger partial charge in [0, 0.05) is 30.5 Å². The summed E-state index contributed by atoms with van der Waals surface area (Å²) in [4.78, 5) is 17.3. The molecule has 22 heavy (non-hydrogen) atoms. The van der Waals surface area contributed by atoms with E-state index in [0.717, 1.165) is 47.8 Å². The van der Waals surface area contributed by atoms with Crippen molar-refractivity contribution in [1.29, 1.82) is 0 Å². The molecule has 0 spiro atoms. The van der Waals surface area contributed by atoms with Gasteiger partial charge in [0.2, 0.25) is 0 Å². The third kappa shape index (κ3) is 4.47. The maximum absolute atomic E-state index is 12.8. The van der Waals surface area contributed by atoms with Crippen molar-refractivity contribution in [3.8, 4) is 0 Å². The minimum atomic E-state index is 0.117. The van der Waals surface area contributed by atoms with E-state index in [2.05, 4.69) is 31.0 Å². The zero-order chi connectivity index (χ0) is 15.8. The van der Waals surface area contributed by atoms with Crippen molar-refractivity contribution in [3.63, 3.8) is 0 Å². The molecule has 0 unspecified atom stereocenters. The standard InChI is InChI=1S/C18H24N2OS/c1-3-5-11-20-17(21)16(13-15-9-7-6-8-10-15)14-19-18(20)22-12-4-2/h6-10,14H,3-5,11-13H2,1-2H3. The topological polar surface area (TPSA) is 34.9 Å². The van der Waals surface area contributed by atoms with Crippen molar-refractivity contribution in [2.45, 2.75) is 51.2 Å². The molecule has 0 amide bonds. The lowest BCUT2D eigenvalue weighted by Crippen LogP contribution is -2.26. The van der Waals surface area contributed by atoms with E-state index in [-0.39, 0.29) is 5.56 Å². The van der Waals surface area contributed by atoms with E-state index >= 15 is 0 Å². The lowest BCUT2D eigenvalue weighted by atomic mass is 10.1. The molecular formula is C18H24N2OS. The van der Waals surface area contributed by atoms with Gasteiger partial charge in [-0.3, -0.25) is 9.36 Å². The molecule has 0 fully saturated rings. The Bertz CT molecular complexity index is 637. The molecule has 0 bridgehead atoms. The molecule has 118 valence electrons. The van der Waals surface area contributed by atoms with Crippen LogP contribution in [0.3, 0.4) is 0 Å². The van der Waals surface area contributed by atoms with Crippen LogP contribution in [0.2, 0.25) is 0 Å². The predicted molar refractivity (Wildman–Crippen MR) is 93.7 cm³/mol. The third-order valence-electron chi connectivity index (χ3n) is 3.49. The zero-order valence-corrected chi connectivity index (χ0v) is 14.2. The van der Waals surface area contributed by atoms with Crippen molar-refractivity contribution >= 4 is 11.8 Å². The van der Waals surface area contributed by atoms with Crippen LogP contribution in [0.5, 0.6) is 0 Å². The molecule has 0 aliphatic heterocycles. The van der Waals surface area contributed by atoms with Crippen molar-refractivity contribution in [1.82, 2.24) is 9.55 Å². The van der Waals surface area contributed by atoms with Crippen LogP contribution >= 0.6 is 11.8 Å². The van der Waals surface area contributed by atoms with E-state index in [1.165, 1.54) is 0 Å². The summed E-state index contributed by atoms with van der Waals surface area (Å²) in [6.45, 7) is 5.05. The second-order valence-electron chi connectivity index (χ2n) is 5.39. The number of rotatable bonds is 8. The average molecular weight is 316 g/mol. The average Bonchev–Trinajstić information content (AvgIpc) is 2.55. The Hall–Kier alpha value is -1.55. The molecule has 0 saturated carbocycles. The van der Waals surface area contributed by atoms with Crippen LogP contribution in [0, 0.1) is 0 Å². The van der Waals surface area contributed by atoms with E-state index in [9.17, 15) is 4.79 Å². The largest absolute Gasteiger partial charge is 0.287 e. The minimum Gasteiger partial charge on any atom is -0.287 e. The summed E-state index contributed by atoms with van der Waals surface area (Å²) in [5.41, 5.74) is 2.05. The number of hydrogen-bond donors (Lipinski definition) is 0. The summed E-state index contributed by atoms with van der Waals surface area (Å²) in [7, 11) is 0. The molecule has 2 rings (SSSR count). The molecule has 1 aromatic carbocycles. The third-order valence-corrected chi connectivity index (χ3v) is 4.69. The first-order valence-electron chi connectivity index (χ1n) is 8.01. The fourth-order valence-corrected chi connectivity index (χ4v) is 3.12. The van der Waals surface area contributed by atoms with Crippen LogP contribution in [0.25, 0.3) is 0 Å². The van der Waals surface area contributed by atoms with Gasteiger partial charge in [-0.2, -0.15) is 0 Å². The summed E-state index contributed by atoms with van der Waals surface area (Å²) < 4.78 is 1.86. The van der Waals surface area contributed by atoms with E-state index in [0.29, 0.717) is 6.42 Å². The number of hydrogen-bond acceptors (Lipinski definition) is 3. The van der Waals surface area contributed by atoms with Crippen molar-refractivity contribution in [2.24, 2.45) is 0 Å². The van der Waals surface area contributed by atoms with Crippen LogP contribution in [-0.2, 0) is 13.0 Å². The zero-order valence-electron chi connectivity index (χ0n) is 13.4. The summed E-state index contributed by atoms with van der Waals surface area (Å²) >= 11 is 1.68. The van der Waals surface area contributed by atoms with Crippen LogP contribution in [0.15, 0.2) is 46.5 Å². The van der Waals surface area contributed by atoms with Gasteiger partial charge in [0.1, 0.15) is 0 Å². The highest BCUT2D eigenvalue weighted by Gasteiger charge is 2.11. The van der Waals surface area contributed by atoms with E-state index in [4.69, 9.17) is 0 Å². The summed E-state index contributed by atoms with van der Waals surface area (Å²) in [5.74, 6) is 0.997. The van der Waals surface area contributed by atoms with Gasteiger partial charge in [0.15, 0.2) is 5.16 Å². The number of nitrogens with zero attached hydrogens (tertiary/aromatic N) is 2. The Morgan fingerprint density at radius 3 is 2.59 bits per heavy atom. The molecule has 0 radical (unpaired) electrons. The van der Waals surface area contributed by atoms with Crippen molar-refractivity contribution in [2.75, 3.05) is 5.75 Å². The molecule has 4 heteroatoms. The summed E-state index contributed by atoms with van der Waals surface area (Å²) in [6.07, 6.45) is 5.58. The molecule has 1 aromatic heterocycles. The molecule has 0 aliphatic rings. The van der Waals surface area contributed by atoms with E-state index < -0.39 is 0 Å². The highest BCUT2D eigenvalue weighted by Crippen LogP contribution is 2.16. The summed E-state index contributed by atoms with van der Waals surface area (Å²) in [6, 6.07) is 10.1. The monoisotopic (exact) mass is 316 g/mol. The van der Waals surface area contributed by atoms with Crippen LogP contribution < -0.4 is 5.56 Å². The van der Waals surface area contributed by atoms with Crippen molar-refractivity contribution < 1.29 is 0 Å². The second-order valence-corrected chi connectivity index (χ2v) is 6.45. The first kappa shape index (κ1) is 16.8. The summed E-state index contributed by atoms with van der Waals surface area (Å²) in [5, 5.41) is 0.858. The first-order chi connectivity index (χ1) is 10.8. The smallest absolute Gasteiger partial charge is 0.257 e. The van der Waals surface area contributed by atoms with Gasteiger partial charge in [-0.25, -0.2) is 4.98 Å². The molecule has 2 aromatic rings. The van der Waals surface area contributed by atoms with E-state index in [1.54, 1.807) is 18.0 Å². The molecular weight excluding hydrogens is 292 g/mol. The number of thioether (sulfide) groups is 1. The van der Waals surface area contributed by atoms with Crippen LogP contribution in [-0.4, -0.2) is 15.3 Å². The number of aromatic nitrogens is 2. The second kappa shape index (κ2) is 8.79. The Balaban J connectivity index is 2.29. The Morgan fingerprint density at radius 2 is 1.91 bits per heavy atom. The molecule has 0 aliphatic carbocycles. The first-order valence-corrected chi connectivity index (χ1v) is 9.00. The van der Waals surface area contributed by atoms with Gasteiger partial charge in [-0.05, 0) is 18.4 Å². The highest BCUT2D eigenvalue weighted by atomic mass is 32.2. The fraction of sp³-hybridized carbons (Fsp3) is 0.444. The van der Waals surface area contributed by atoms with Crippen molar-refractivity contribution in [3.05, 3.63) is 58.0 Å². The lowest BCUT2D eigenvalue weighted by molar-refractivity contribution is 0.545. The van der Waals surface area contributed by atoms with Gasteiger partial charge < -0.3 is 0 Å². The van der Waals surface area contributed by atoms with Crippen LogP contribution in [0.1, 0.15) is 44.2 Å². The van der Waals surface area contributed by atoms with Gasteiger partial charge in [-0.1, -0.05) is 62.4 Å². The maximum atomic E-state index is 12.8. The predicted octanol–water partition coefficient (Wildman–Crippen LogP) is 4.14. The molecule has 0 N–H and O–H groups in total. The number of unbranched alkanes of at least 4 members (excludes halogenated alkanes) is 1. The molecule has 3 nitrogen and oxygen atoms in total. The van der Waals surface area contributed by atoms with E-state index in [1.807, 2.05) is 22.8 Å². The normalized spacial score (nSPS) is 10.8.